The fraction of sp³-hybridized carbons (Fsp3) is 0.400. The largest absolute Gasteiger partial charge is 0.416 e. The molecule has 1 nitrogen and oxygen atoms in total. The monoisotopic (exact) mass is 201 g/mol. The second-order valence-corrected chi connectivity index (χ2v) is 3.52. The lowest BCUT2D eigenvalue weighted by molar-refractivity contribution is -0.138. The first kappa shape index (κ1) is 9.52. The Balaban J connectivity index is 2.55. The van der Waals surface area contributed by atoms with Crippen LogP contribution < -0.4 is 5.73 Å². The maximum absolute atomic E-state index is 12.5. The Labute approximate surface area is 79.7 Å². The van der Waals surface area contributed by atoms with Crippen LogP contribution in [0.25, 0.3) is 0 Å². The topological polar surface area (TPSA) is 26.0 Å². The highest BCUT2D eigenvalue weighted by atomic mass is 19.4. The van der Waals surface area contributed by atoms with Crippen LogP contribution in [0.15, 0.2) is 18.2 Å². The molecule has 4 heteroatoms. The minimum absolute atomic E-state index is 0.229. The Morgan fingerprint density at radius 2 is 2.00 bits per heavy atom. The summed E-state index contributed by atoms with van der Waals surface area (Å²) in [5.74, 6) is 0. The summed E-state index contributed by atoms with van der Waals surface area (Å²) in [5, 5.41) is 0. The van der Waals surface area contributed by atoms with Crippen LogP contribution in [0.4, 0.5) is 13.2 Å². The summed E-state index contributed by atoms with van der Waals surface area (Å²) in [6.07, 6.45) is -3.20. The Morgan fingerprint density at radius 1 is 1.29 bits per heavy atom. The van der Waals surface area contributed by atoms with E-state index in [1.165, 1.54) is 6.07 Å². The molecule has 0 aromatic heterocycles. The molecule has 0 spiro atoms. The first-order valence-corrected chi connectivity index (χ1v) is 4.44. The van der Waals surface area contributed by atoms with Gasteiger partial charge >= 0.3 is 6.18 Å². The average Bonchev–Trinajstić information content (AvgIpc) is 2.46. The molecule has 1 atom stereocenters. The molecule has 2 N–H and O–H groups in total. The van der Waals surface area contributed by atoms with Crippen molar-refractivity contribution in [1.29, 1.82) is 0 Å². The summed E-state index contributed by atoms with van der Waals surface area (Å²) < 4.78 is 37.6. The van der Waals surface area contributed by atoms with Crippen molar-refractivity contribution >= 4 is 0 Å². The molecule has 0 fully saturated rings. The molecular weight excluding hydrogens is 191 g/mol. The van der Waals surface area contributed by atoms with Gasteiger partial charge in [-0.05, 0) is 30.0 Å². The van der Waals surface area contributed by atoms with Gasteiger partial charge in [0.05, 0.1) is 5.56 Å². The molecule has 1 aromatic rings. The predicted octanol–water partition coefficient (Wildman–Crippen LogP) is 2.65. The summed E-state index contributed by atoms with van der Waals surface area (Å²) >= 11 is 0. The van der Waals surface area contributed by atoms with Gasteiger partial charge < -0.3 is 5.73 Å². The lowest BCUT2D eigenvalue weighted by Gasteiger charge is -2.12. The van der Waals surface area contributed by atoms with Crippen molar-refractivity contribution in [3.63, 3.8) is 0 Å². The van der Waals surface area contributed by atoms with Gasteiger partial charge in [0.1, 0.15) is 0 Å². The highest BCUT2D eigenvalue weighted by Crippen LogP contribution is 2.39. The van der Waals surface area contributed by atoms with E-state index in [-0.39, 0.29) is 6.04 Å². The Bertz CT molecular complexity index is 357. The van der Waals surface area contributed by atoms with Crippen LogP contribution in [-0.4, -0.2) is 0 Å². The number of nitrogens with two attached hydrogens (primary N) is 1. The van der Waals surface area contributed by atoms with Crippen LogP contribution >= 0.6 is 0 Å². The van der Waals surface area contributed by atoms with Gasteiger partial charge in [0.25, 0.3) is 0 Å². The van der Waals surface area contributed by atoms with Crippen LogP contribution in [0.1, 0.15) is 29.2 Å². The van der Waals surface area contributed by atoms with Gasteiger partial charge in [0.2, 0.25) is 0 Å². The zero-order valence-corrected chi connectivity index (χ0v) is 7.43. The highest BCUT2D eigenvalue weighted by Gasteiger charge is 2.36. The van der Waals surface area contributed by atoms with E-state index < -0.39 is 11.7 Å². The van der Waals surface area contributed by atoms with Gasteiger partial charge in [-0.15, -0.1) is 0 Å². The molecule has 1 aliphatic rings. The number of fused-ring (bicyclic) bond motifs is 1. The normalized spacial score (nSPS) is 21.0. The van der Waals surface area contributed by atoms with E-state index >= 15 is 0 Å². The quantitative estimate of drug-likeness (QED) is 0.686. The maximum atomic E-state index is 12.5. The third kappa shape index (κ3) is 1.39. The van der Waals surface area contributed by atoms with Gasteiger partial charge in [0, 0.05) is 6.04 Å². The molecule has 14 heavy (non-hydrogen) atoms. The molecular formula is C10H10F3N. The number of benzene rings is 1. The summed E-state index contributed by atoms with van der Waals surface area (Å²) in [7, 11) is 0. The van der Waals surface area contributed by atoms with Crippen molar-refractivity contribution < 1.29 is 13.2 Å². The van der Waals surface area contributed by atoms with E-state index in [1.54, 1.807) is 6.07 Å². The maximum Gasteiger partial charge on any atom is 0.416 e. The molecule has 0 heterocycles. The third-order valence-electron chi connectivity index (χ3n) is 2.62. The average molecular weight is 201 g/mol. The molecule has 1 aromatic carbocycles. The van der Waals surface area contributed by atoms with E-state index in [2.05, 4.69) is 0 Å². The van der Waals surface area contributed by atoms with E-state index in [9.17, 15) is 13.2 Å². The second kappa shape index (κ2) is 2.98. The molecule has 0 saturated heterocycles. The predicted molar refractivity (Wildman–Crippen MR) is 46.7 cm³/mol. The van der Waals surface area contributed by atoms with Crippen molar-refractivity contribution in [2.45, 2.75) is 25.1 Å². The third-order valence-corrected chi connectivity index (χ3v) is 2.62. The van der Waals surface area contributed by atoms with Crippen molar-refractivity contribution in [2.75, 3.05) is 0 Å². The van der Waals surface area contributed by atoms with Crippen LogP contribution in [0, 0.1) is 0 Å². The van der Waals surface area contributed by atoms with Gasteiger partial charge in [-0.2, -0.15) is 13.2 Å². The molecule has 1 aliphatic carbocycles. The number of hydrogen-bond donors (Lipinski definition) is 1. The molecule has 2 rings (SSSR count). The van der Waals surface area contributed by atoms with E-state index in [0.717, 1.165) is 6.07 Å². The number of alkyl halides is 3. The summed E-state index contributed by atoms with van der Waals surface area (Å²) in [4.78, 5) is 0. The van der Waals surface area contributed by atoms with E-state index in [1.807, 2.05) is 0 Å². The van der Waals surface area contributed by atoms with Crippen molar-refractivity contribution in [2.24, 2.45) is 5.73 Å². The molecule has 0 bridgehead atoms. The summed E-state index contributed by atoms with van der Waals surface area (Å²) in [6, 6.07) is 4.00. The minimum atomic E-state index is -4.25. The molecule has 0 radical (unpaired) electrons. The zero-order valence-electron chi connectivity index (χ0n) is 7.43. The van der Waals surface area contributed by atoms with Gasteiger partial charge in [-0.3, -0.25) is 0 Å². The van der Waals surface area contributed by atoms with E-state index in [0.29, 0.717) is 24.0 Å². The first-order valence-electron chi connectivity index (χ1n) is 4.44. The van der Waals surface area contributed by atoms with Crippen LogP contribution in [0.3, 0.4) is 0 Å². The molecule has 0 amide bonds. The summed E-state index contributed by atoms with van der Waals surface area (Å²) in [5.41, 5.74) is 6.20. The lowest BCUT2D eigenvalue weighted by atomic mass is 10.0. The van der Waals surface area contributed by atoms with Crippen LogP contribution in [0.5, 0.6) is 0 Å². The first-order chi connectivity index (χ1) is 6.50. The van der Waals surface area contributed by atoms with Crippen LogP contribution in [0.2, 0.25) is 0 Å². The fourth-order valence-electron chi connectivity index (χ4n) is 1.95. The fourth-order valence-corrected chi connectivity index (χ4v) is 1.95. The second-order valence-electron chi connectivity index (χ2n) is 3.52. The van der Waals surface area contributed by atoms with E-state index in [4.69, 9.17) is 5.73 Å². The van der Waals surface area contributed by atoms with Gasteiger partial charge in [0.15, 0.2) is 0 Å². The molecule has 0 saturated carbocycles. The number of hydrogen-bond acceptors (Lipinski definition) is 1. The Morgan fingerprint density at radius 3 is 2.64 bits per heavy atom. The SMILES string of the molecule is N[C@@H]1CCc2c1cccc2C(F)(F)F. The minimum Gasteiger partial charge on any atom is -0.324 e. The molecule has 0 unspecified atom stereocenters. The Hall–Kier alpha value is -1.03. The Kier molecular flexibility index (Phi) is 2.03. The van der Waals surface area contributed by atoms with Crippen LogP contribution in [-0.2, 0) is 12.6 Å². The van der Waals surface area contributed by atoms with Crippen molar-refractivity contribution in [1.82, 2.24) is 0 Å². The van der Waals surface area contributed by atoms with Crippen molar-refractivity contribution in [3.8, 4) is 0 Å². The number of halogens is 3. The van der Waals surface area contributed by atoms with Crippen molar-refractivity contribution in [3.05, 3.63) is 34.9 Å². The molecule has 0 aliphatic heterocycles. The lowest BCUT2D eigenvalue weighted by Crippen LogP contribution is -2.10. The summed E-state index contributed by atoms with van der Waals surface area (Å²) in [6.45, 7) is 0. The smallest absolute Gasteiger partial charge is 0.324 e. The molecule has 76 valence electrons. The van der Waals surface area contributed by atoms with Gasteiger partial charge in [-0.25, -0.2) is 0 Å². The van der Waals surface area contributed by atoms with Gasteiger partial charge in [-0.1, -0.05) is 12.1 Å². The number of rotatable bonds is 0. The zero-order chi connectivity index (χ0) is 10.3. The standard InChI is InChI=1S/C10H10F3N/c11-10(12,13)8-3-1-2-7-6(8)4-5-9(7)14/h1-3,9H,4-5,14H2/t9-/m1/s1. The highest BCUT2D eigenvalue weighted by molar-refractivity contribution is 5.42.